The lowest BCUT2D eigenvalue weighted by atomic mass is 10.1. The fourth-order valence-electron chi connectivity index (χ4n) is 2.75. The molecule has 0 unspecified atom stereocenters. The SMILES string of the molecule is O=C(O)c1cnc(N(Cc2ccccc2)Cc2ccccc2)c([N+](=O)[O-])c1. The maximum atomic E-state index is 11.6. The number of carboxylic acid groups (broad SMARTS) is 1. The van der Waals surface area contributed by atoms with Gasteiger partial charge in [-0.15, -0.1) is 0 Å². The Bertz CT molecular complexity index is 904. The molecule has 0 aliphatic rings. The molecule has 0 saturated heterocycles. The number of carboxylic acids is 1. The molecule has 2 aromatic carbocycles. The van der Waals surface area contributed by atoms with Gasteiger partial charge in [0.2, 0.25) is 5.82 Å². The Labute approximate surface area is 155 Å². The van der Waals surface area contributed by atoms with Gasteiger partial charge in [-0.05, 0) is 11.1 Å². The van der Waals surface area contributed by atoms with Crippen molar-refractivity contribution in [2.45, 2.75) is 13.1 Å². The highest BCUT2D eigenvalue weighted by Crippen LogP contribution is 2.29. The summed E-state index contributed by atoms with van der Waals surface area (Å²) in [5.74, 6) is -1.12. The van der Waals surface area contributed by atoms with Crippen molar-refractivity contribution >= 4 is 17.5 Å². The highest BCUT2D eigenvalue weighted by molar-refractivity contribution is 5.88. The van der Waals surface area contributed by atoms with Crippen LogP contribution in [0.15, 0.2) is 72.9 Å². The maximum absolute atomic E-state index is 11.6. The van der Waals surface area contributed by atoms with E-state index in [4.69, 9.17) is 5.11 Å². The summed E-state index contributed by atoms with van der Waals surface area (Å²) < 4.78 is 0. The summed E-state index contributed by atoms with van der Waals surface area (Å²) in [4.78, 5) is 28.0. The number of benzene rings is 2. The van der Waals surface area contributed by atoms with Crippen molar-refractivity contribution in [3.8, 4) is 0 Å². The van der Waals surface area contributed by atoms with Crippen molar-refractivity contribution < 1.29 is 14.8 Å². The first-order valence-electron chi connectivity index (χ1n) is 8.25. The molecule has 0 atom stereocenters. The van der Waals surface area contributed by atoms with Crippen LogP contribution in [-0.2, 0) is 13.1 Å². The third-order valence-corrected chi connectivity index (χ3v) is 4.02. The van der Waals surface area contributed by atoms with Gasteiger partial charge in [0.25, 0.3) is 0 Å². The van der Waals surface area contributed by atoms with Crippen LogP contribution in [0.1, 0.15) is 21.5 Å². The molecule has 7 heteroatoms. The summed E-state index contributed by atoms with van der Waals surface area (Å²) in [5, 5.41) is 20.7. The Balaban J connectivity index is 2.03. The van der Waals surface area contributed by atoms with Gasteiger partial charge < -0.3 is 10.0 Å². The predicted molar refractivity (Wildman–Crippen MR) is 101 cm³/mol. The van der Waals surface area contributed by atoms with Crippen molar-refractivity contribution in [3.63, 3.8) is 0 Å². The molecular weight excluding hydrogens is 346 g/mol. The minimum absolute atomic E-state index is 0.137. The molecule has 0 saturated carbocycles. The second kappa shape index (κ2) is 8.09. The molecule has 0 aliphatic heterocycles. The highest BCUT2D eigenvalue weighted by atomic mass is 16.6. The molecule has 136 valence electrons. The van der Waals surface area contributed by atoms with Crippen molar-refractivity contribution in [3.05, 3.63) is 99.7 Å². The van der Waals surface area contributed by atoms with Crippen LogP contribution in [0.3, 0.4) is 0 Å². The van der Waals surface area contributed by atoms with Gasteiger partial charge in [0.1, 0.15) is 0 Å². The van der Waals surface area contributed by atoms with E-state index in [0.717, 1.165) is 23.4 Å². The van der Waals surface area contributed by atoms with Crippen LogP contribution < -0.4 is 4.90 Å². The summed E-state index contributed by atoms with van der Waals surface area (Å²) in [6.07, 6.45) is 1.15. The Kier molecular flexibility index (Phi) is 5.41. The molecular formula is C20H17N3O4. The third-order valence-electron chi connectivity index (χ3n) is 4.02. The number of aromatic nitrogens is 1. The number of nitro groups is 1. The molecule has 0 spiro atoms. The molecule has 1 N–H and O–H groups in total. The van der Waals surface area contributed by atoms with Crippen molar-refractivity contribution in [2.24, 2.45) is 0 Å². The molecule has 0 fully saturated rings. The molecule has 0 radical (unpaired) electrons. The van der Waals surface area contributed by atoms with Crippen LogP contribution in [-0.4, -0.2) is 21.0 Å². The van der Waals surface area contributed by atoms with Crippen molar-refractivity contribution in [1.82, 2.24) is 4.98 Å². The van der Waals surface area contributed by atoms with E-state index < -0.39 is 10.9 Å². The highest BCUT2D eigenvalue weighted by Gasteiger charge is 2.24. The van der Waals surface area contributed by atoms with Gasteiger partial charge in [0.05, 0.1) is 10.5 Å². The van der Waals surface area contributed by atoms with E-state index in [9.17, 15) is 14.9 Å². The van der Waals surface area contributed by atoms with E-state index >= 15 is 0 Å². The van der Waals surface area contributed by atoms with Gasteiger partial charge >= 0.3 is 11.7 Å². The lowest BCUT2D eigenvalue weighted by Gasteiger charge is -2.24. The van der Waals surface area contributed by atoms with Gasteiger partial charge in [-0.1, -0.05) is 60.7 Å². The molecule has 1 aromatic heterocycles. The normalized spacial score (nSPS) is 10.4. The second-order valence-electron chi connectivity index (χ2n) is 5.96. The van der Waals surface area contributed by atoms with Crippen molar-refractivity contribution in [1.29, 1.82) is 0 Å². The predicted octanol–water partition coefficient (Wildman–Crippen LogP) is 3.89. The van der Waals surface area contributed by atoms with Crippen LogP contribution in [0.2, 0.25) is 0 Å². The Hall–Kier alpha value is -3.74. The van der Waals surface area contributed by atoms with Crippen LogP contribution in [0.25, 0.3) is 0 Å². The molecule has 7 nitrogen and oxygen atoms in total. The molecule has 3 aromatic rings. The molecule has 1 heterocycles. The lowest BCUT2D eigenvalue weighted by Crippen LogP contribution is -2.24. The zero-order chi connectivity index (χ0) is 19.2. The van der Waals surface area contributed by atoms with Gasteiger partial charge in [0.15, 0.2) is 0 Å². The van der Waals surface area contributed by atoms with Gasteiger partial charge in [0, 0.05) is 25.4 Å². The largest absolute Gasteiger partial charge is 0.478 e. The maximum Gasteiger partial charge on any atom is 0.337 e. The van der Waals surface area contributed by atoms with Gasteiger partial charge in [-0.2, -0.15) is 0 Å². The second-order valence-corrected chi connectivity index (χ2v) is 5.96. The molecule has 0 aliphatic carbocycles. The van der Waals surface area contributed by atoms with E-state index in [1.54, 1.807) is 4.90 Å². The number of hydrogen-bond acceptors (Lipinski definition) is 5. The quantitative estimate of drug-likeness (QED) is 0.505. The van der Waals surface area contributed by atoms with Crippen LogP contribution in [0.5, 0.6) is 0 Å². The van der Waals surface area contributed by atoms with Crippen LogP contribution >= 0.6 is 0 Å². The number of anilines is 1. The van der Waals surface area contributed by atoms with Gasteiger partial charge in [-0.25, -0.2) is 9.78 Å². The number of carbonyl (C=O) groups is 1. The summed E-state index contributed by atoms with van der Waals surface area (Å²) in [6, 6.07) is 20.1. The number of aromatic carboxylic acids is 1. The number of pyridine rings is 1. The zero-order valence-electron chi connectivity index (χ0n) is 14.4. The Morgan fingerprint density at radius 3 is 1.96 bits per heavy atom. The fraction of sp³-hybridized carbons (Fsp3) is 0.100. The van der Waals surface area contributed by atoms with E-state index in [2.05, 4.69) is 4.98 Å². The number of hydrogen-bond donors (Lipinski definition) is 1. The van der Waals surface area contributed by atoms with E-state index in [1.165, 1.54) is 0 Å². The van der Waals surface area contributed by atoms with Crippen LogP contribution in [0.4, 0.5) is 11.5 Å². The van der Waals surface area contributed by atoms with Crippen molar-refractivity contribution in [2.75, 3.05) is 4.90 Å². The summed E-state index contributed by atoms with van der Waals surface area (Å²) in [5.41, 5.74) is 1.38. The summed E-state index contributed by atoms with van der Waals surface area (Å²) in [7, 11) is 0. The Morgan fingerprint density at radius 1 is 1.00 bits per heavy atom. The zero-order valence-corrected chi connectivity index (χ0v) is 14.4. The smallest absolute Gasteiger partial charge is 0.337 e. The first kappa shape index (κ1) is 18.1. The first-order valence-corrected chi connectivity index (χ1v) is 8.25. The standard InChI is InChI=1S/C20H17N3O4/c24-20(25)17-11-18(23(26)27)19(21-12-17)22(13-15-7-3-1-4-8-15)14-16-9-5-2-6-10-16/h1-12H,13-14H2,(H,24,25). The van der Waals surface area contributed by atoms with E-state index in [-0.39, 0.29) is 17.1 Å². The number of nitrogens with zero attached hydrogens (tertiary/aromatic N) is 3. The fourth-order valence-corrected chi connectivity index (χ4v) is 2.75. The minimum Gasteiger partial charge on any atom is -0.478 e. The molecule has 0 bridgehead atoms. The first-order chi connectivity index (χ1) is 13.0. The van der Waals surface area contributed by atoms with E-state index in [0.29, 0.717) is 13.1 Å². The lowest BCUT2D eigenvalue weighted by molar-refractivity contribution is -0.384. The third kappa shape index (κ3) is 4.46. The van der Waals surface area contributed by atoms with Gasteiger partial charge in [-0.3, -0.25) is 10.1 Å². The number of rotatable bonds is 7. The molecule has 3 rings (SSSR count). The van der Waals surface area contributed by atoms with Crippen LogP contribution in [0, 0.1) is 10.1 Å². The Morgan fingerprint density at radius 2 is 1.52 bits per heavy atom. The van der Waals surface area contributed by atoms with E-state index in [1.807, 2.05) is 60.7 Å². The average Bonchev–Trinajstić information content (AvgIpc) is 2.68. The topological polar surface area (TPSA) is 96.6 Å². The summed E-state index contributed by atoms with van der Waals surface area (Å²) >= 11 is 0. The monoisotopic (exact) mass is 363 g/mol. The minimum atomic E-state index is -1.25. The molecule has 27 heavy (non-hydrogen) atoms. The summed E-state index contributed by atoms with van der Waals surface area (Å²) in [6.45, 7) is 0.798. The molecule has 0 amide bonds. The average molecular weight is 363 g/mol.